The molecule has 0 saturated heterocycles. The van der Waals surface area contributed by atoms with Gasteiger partial charge in [-0.3, -0.25) is 19.2 Å². The molecule has 0 fully saturated rings. The number of nitrogens with zero attached hydrogens (tertiary/aromatic N) is 2. The lowest BCUT2D eigenvalue weighted by Crippen LogP contribution is -2.45. The van der Waals surface area contributed by atoms with Crippen LogP contribution in [-0.2, 0) is 6.42 Å². The summed E-state index contributed by atoms with van der Waals surface area (Å²) < 4.78 is 0. The minimum atomic E-state index is -0.481. The van der Waals surface area contributed by atoms with E-state index in [1.165, 1.54) is 9.80 Å². The fourth-order valence-corrected chi connectivity index (χ4v) is 10.3. The van der Waals surface area contributed by atoms with Crippen LogP contribution < -0.4 is 9.80 Å². The summed E-state index contributed by atoms with van der Waals surface area (Å²) in [7, 11) is 0. The van der Waals surface area contributed by atoms with Crippen molar-refractivity contribution in [3.63, 3.8) is 0 Å². The van der Waals surface area contributed by atoms with Gasteiger partial charge in [-0.25, -0.2) is 9.80 Å². The van der Waals surface area contributed by atoms with Crippen molar-refractivity contribution in [2.24, 2.45) is 5.92 Å². The van der Waals surface area contributed by atoms with E-state index in [9.17, 15) is 0 Å². The molecule has 1 unspecified atom stereocenters. The lowest BCUT2D eigenvalue weighted by molar-refractivity contribution is 0.0875. The summed E-state index contributed by atoms with van der Waals surface area (Å²) in [6, 6.07) is 19.8. The Morgan fingerprint density at radius 2 is 0.966 bits per heavy atom. The van der Waals surface area contributed by atoms with E-state index < -0.39 is 23.6 Å². The van der Waals surface area contributed by atoms with E-state index in [0.29, 0.717) is 67.1 Å². The first kappa shape index (κ1) is 37.0. The van der Waals surface area contributed by atoms with Gasteiger partial charge in [0.25, 0.3) is 23.6 Å². The maximum Gasteiger partial charge on any atom is 0.268 e. The van der Waals surface area contributed by atoms with Crippen LogP contribution in [0.3, 0.4) is 0 Å². The Balaban J connectivity index is 1.44. The number of amides is 4. The standard InChI is InChI=1S/C51H48N4O4/c1-23(2)28-15-12-16-29(24(3)4)46(28)54-48(56)40-36-32-14-10-11-19-34(32)52-44(36)42-39-38(40)41(49(54)57)37-33-21-20-27(9)22-35(33)53-45(37)43(39)51(59)55(50(42)58)47-30(25(5)6)17-13-18-31(47)26(7)8/h10-21,23-27,52-53H,22H2,1-9H3. The number of H-pyrrole nitrogens is 2. The fraction of sp³-hybridized carbons (Fsp3) is 0.294. The number of hydrogen-bond donors (Lipinski definition) is 2. The van der Waals surface area contributed by atoms with Gasteiger partial charge < -0.3 is 9.97 Å². The Morgan fingerprint density at radius 3 is 1.47 bits per heavy atom. The number of allylic oxidation sites excluding steroid dienone is 1. The second kappa shape index (κ2) is 12.9. The molecule has 10 rings (SSSR count). The molecule has 2 N–H and O–H groups in total. The summed E-state index contributed by atoms with van der Waals surface area (Å²) in [5, 5.41) is 2.66. The minimum Gasteiger partial charge on any atom is -0.357 e. The molecule has 7 aromatic rings. The Bertz CT molecular complexity index is 3050. The molecule has 0 spiro atoms. The van der Waals surface area contributed by atoms with E-state index in [0.717, 1.165) is 44.4 Å². The molecule has 2 aromatic heterocycles. The molecule has 1 aliphatic carbocycles. The van der Waals surface area contributed by atoms with E-state index >= 15 is 19.2 Å². The van der Waals surface area contributed by atoms with E-state index in [1.54, 1.807) is 0 Å². The maximum atomic E-state index is 15.9. The molecule has 2 aliphatic heterocycles. The zero-order valence-electron chi connectivity index (χ0n) is 35.0. The Morgan fingerprint density at radius 1 is 0.525 bits per heavy atom. The van der Waals surface area contributed by atoms with Gasteiger partial charge in [0.2, 0.25) is 0 Å². The van der Waals surface area contributed by atoms with Crippen molar-refractivity contribution in [3.8, 4) is 0 Å². The average Bonchev–Trinajstić information content (AvgIpc) is 3.76. The quantitative estimate of drug-likeness (QED) is 0.164. The van der Waals surface area contributed by atoms with Crippen molar-refractivity contribution < 1.29 is 19.2 Å². The summed E-state index contributed by atoms with van der Waals surface area (Å²) in [6.45, 7) is 18.8. The number of para-hydroxylation sites is 3. The molecule has 4 heterocycles. The number of carbonyl (C=O) groups is 4. The van der Waals surface area contributed by atoms with Crippen molar-refractivity contribution in [3.05, 3.63) is 123 Å². The van der Waals surface area contributed by atoms with Crippen LogP contribution in [0, 0.1) is 5.92 Å². The van der Waals surface area contributed by atoms with Crippen molar-refractivity contribution in [2.45, 2.75) is 92.4 Å². The highest BCUT2D eigenvalue weighted by atomic mass is 16.2. The van der Waals surface area contributed by atoms with Crippen LogP contribution in [0.2, 0.25) is 0 Å². The summed E-state index contributed by atoms with van der Waals surface area (Å²) in [5.41, 5.74) is 9.52. The van der Waals surface area contributed by atoms with E-state index in [-0.39, 0.29) is 35.2 Å². The summed E-state index contributed by atoms with van der Waals surface area (Å²) >= 11 is 0. The molecule has 3 aliphatic rings. The molecule has 296 valence electrons. The topological polar surface area (TPSA) is 106 Å². The third-order valence-corrected chi connectivity index (χ3v) is 13.0. The monoisotopic (exact) mass is 780 g/mol. The van der Waals surface area contributed by atoms with Crippen molar-refractivity contribution >= 4 is 84.6 Å². The summed E-state index contributed by atoms with van der Waals surface area (Å²) in [5.74, 6) is -1.64. The molecule has 59 heavy (non-hydrogen) atoms. The molecule has 8 heteroatoms. The SMILES string of the molecule is CC1C=Cc2c([nH]c3c4c5c(c6[nH]c7ccccc7c6c6c5c(c23)C(=O)N(c2c(C(C)C)cccc2C(C)C)C6=O)C(=O)N(c2c(C(C)C)cccc2C(C)C)C4=O)C1. The number of fused-ring (bicyclic) bond motifs is 10. The molecule has 8 nitrogen and oxygen atoms in total. The van der Waals surface area contributed by atoms with Crippen LogP contribution in [-0.4, -0.2) is 33.6 Å². The molecule has 0 saturated carbocycles. The predicted molar refractivity (Wildman–Crippen MR) is 239 cm³/mol. The van der Waals surface area contributed by atoms with Crippen LogP contribution in [0.25, 0.3) is 49.6 Å². The Hall–Kier alpha value is -6.28. The highest BCUT2D eigenvalue weighted by Crippen LogP contribution is 2.52. The van der Waals surface area contributed by atoms with E-state index in [1.807, 2.05) is 60.7 Å². The second-order valence-corrected chi connectivity index (χ2v) is 18.1. The van der Waals surface area contributed by atoms with Crippen LogP contribution in [0.15, 0.2) is 66.7 Å². The number of hydrogen-bond acceptors (Lipinski definition) is 4. The molecule has 1 atom stereocenters. The number of benzene rings is 5. The molecule has 4 amide bonds. The highest BCUT2D eigenvalue weighted by Gasteiger charge is 2.48. The summed E-state index contributed by atoms with van der Waals surface area (Å²) in [6.07, 6.45) is 4.87. The number of aromatic nitrogens is 2. The van der Waals surface area contributed by atoms with Gasteiger partial charge in [-0.1, -0.05) is 129 Å². The third-order valence-electron chi connectivity index (χ3n) is 13.0. The van der Waals surface area contributed by atoms with Gasteiger partial charge in [0.05, 0.1) is 44.7 Å². The van der Waals surface area contributed by atoms with Gasteiger partial charge >= 0.3 is 0 Å². The van der Waals surface area contributed by atoms with E-state index in [2.05, 4.69) is 84.4 Å². The van der Waals surface area contributed by atoms with Gasteiger partial charge in [0.15, 0.2) is 0 Å². The first-order chi connectivity index (χ1) is 28.2. The molecular weight excluding hydrogens is 733 g/mol. The number of rotatable bonds is 6. The Kier molecular flexibility index (Phi) is 8.07. The number of imide groups is 2. The normalized spacial score (nSPS) is 16.6. The lowest BCUT2D eigenvalue weighted by atomic mass is 9.79. The third kappa shape index (κ3) is 4.89. The van der Waals surface area contributed by atoms with Crippen molar-refractivity contribution in [2.75, 3.05) is 9.80 Å². The van der Waals surface area contributed by atoms with Gasteiger partial charge in [-0.2, -0.15) is 0 Å². The first-order valence-corrected chi connectivity index (χ1v) is 21.0. The van der Waals surface area contributed by atoms with Crippen LogP contribution in [0.1, 0.15) is 161 Å². The number of aromatic amines is 2. The van der Waals surface area contributed by atoms with Gasteiger partial charge in [-0.15, -0.1) is 0 Å². The average molecular weight is 781 g/mol. The largest absolute Gasteiger partial charge is 0.357 e. The smallest absolute Gasteiger partial charge is 0.268 e. The maximum absolute atomic E-state index is 15.9. The van der Waals surface area contributed by atoms with Gasteiger partial charge in [0, 0.05) is 43.7 Å². The zero-order chi connectivity index (χ0) is 41.5. The van der Waals surface area contributed by atoms with Crippen LogP contribution in [0.4, 0.5) is 11.4 Å². The molecule has 0 radical (unpaired) electrons. The zero-order valence-corrected chi connectivity index (χ0v) is 35.0. The number of carbonyl (C=O) groups excluding carboxylic acids is 4. The van der Waals surface area contributed by atoms with Gasteiger partial charge in [-0.05, 0) is 64.3 Å². The van der Waals surface area contributed by atoms with Gasteiger partial charge in [0.1, 0.15) is 0 Å². The first-order valence-electron chi connectivity index (χ1n) is 21.0. The molecule has 0 bridgehead atoms. The molecule has 5 aromatic carbocycles. The number of anilines is 2. The minimum absolute atomic E-state index is 0.00396. The second-order valence-electron chi connectivity index (χ2n) is 18.1. The summed E-state index contributed by atoms with van der Waals surface area (Å²) in [4.78, 5) is 73.2. The highest BCUT2D eigenvalue weighted by molar-refractivity contribution is 6.51. The van der Waals surface area contributed by atoms with E-state index in [4.69, 9.17) is 0 Å². The Labute approximate surface area is 343 Å². The van der Waals surface area contributed by atoms with Crippen LogP contribution >= 0.6 is 0 Å². The fourth-order valence-electron chi connectivity index (χ4n) is 10.3. The number of nitrogens with one attached hydrogen (secondary N) is 2. The molecular formula is C51H48N4O4. The van der Waals surface area contributed by atoms with Crippen LogP contribution in [0.5, 0.6) is 0 Å². The van der Waals surface area contributed by atoms with Crippen molar-refractivity contribution in [1.82, 2.24) is 9.97 Å². The van der Waals surface area contributed by atoms with Crippen molar-refractivity contribution in [1.29, 1.82) is 0 Å². The predicted octanol–water partition coefficient (Wildman–Crippen LogP) is 12.3. The lowest BCUT2D eigenvalue weighted by Gasteiger charge is -2.36.